The molecule has 6 nitrogen and oxygen atoms in total. The Kier molecular flexibility index (Phi) is 14.0. The van der Waals surface area contributed by atoms with E-state index in [1.165, 1.54) is 0 Å². The minimum atomic E-state index is -0.524. The fourth-order valence-corrected chi connectivity index (χ4v) is 1.41. The maximum Gasteiger partial charge on any atom is 0.331 e. The Labute approximate surface area is 146 Å². The molecule has 136 valence electrons. The molecule has 0 N–H and O–H groups in total. The average molecular weight is 351 g/mol. The quantitative estimate of drug-likeness (QED) is 0.442. The molecule has 23 heavy (non-hydrogen) atoms. The summed E-state index contributed by atoms with van der Waals surface area (Å²) in [6, 6.07) is 0.667. The van der Waals surface area contributed by atoms with E-state index in [-0.39, 0.29) is 12.4 Å². The zero-order valence-corrected chi connectivity index (χ0v) is 15.9. The van der Waals surface area contributed by atoms with E-state index in [1.807, 2.05) is 28.2 Å². The van der Waals surface area contributed by atoms with Crippen LogP contribution in [0.4, 0.5) is 0 Å². The van der Waals surface area contributed by atoms with Crippen molar-refractivity contribution in [1.82, 2.24) is 9.80 Å². The van der Waals surface area contributed by atoms with Crippen LogP contribution in [0.1, 0.15) is 26.7 Å². The molecule has 0 amide bonds. The van der Waals surface area contributed by atoms with E-state index in [2.05, 4.69) is 23.6 Å². The highest BCUT2D eigenvalue weighted by Crippen LogP contribution is 2.00. The molecule has 0 aromatic rings. The van der Waals surface area contributed by atoms with Gasteiger partial charge in [-0.05, 0) is 54.9 Å². The lowest BCUT2D eigenvalue weighted by Crippen LogP contribution is -2.26. The van der Waals surface area contributed by atoms with Gasteiger partial charge in [-0.15, -0.1) is 12.4 Å². The fourth-order valence-electron chi connectivity index (χ4n) is 1.41. The molecule has 0 saturated heterocycles. The van der Waals surface area contributed by atoms with Gasteiger partial charge in [-0.2, -0.15) is 0 Å². The summed E-state index contributed by atoms with van der Waals surface area (Å²) in [5, 5.41) is 0. The molecular formula is C16H31ClN2O4. The van der Waals surface area contributed by atoms with Crippen LogP contribution in [0.3, 0.4) is 0 Å². The molecule has 7 heteroatoms. The zero-order chi connectivity index (χ0) is 17.1. The van der Waals surface area contributed by atoms with Crippen molar-refractivity contribution < 1.29 is 19.1 Å². The van der Waals surface area contributed by atoms with Crippen LogP contribution in [0.25, 0.3) is 0 Å². The van der Waals surface area contributed by atoms with Gasteiger partial charge in [0, 0.05) is 24.2 Å². The van der Waals surface area contributed by atoms with Crippen LogP contribution in [-0.4, -0.2) is 75.2 Å². The predicted molar refractivity (Wildman–Crippen MR) is 93.8 cm³/mol. The van der Waals surface area contributed by atoms with Crippen LogP contribution in [0.5, 0.6) is 0 Å². The summed E-state index contributed by atoms with van der Waals surface area (Å²) in [6.07, 6.45) is 3.72. The van der Waals surface area contributed by atoms with Gasteiger partial charge in [0.1, 0.15) is 0 Å². The van der Waals surface area contributed by atoms with E-state index < -0.39 is 11.9 Å². The lowest BCUT2D eigenvalue weighted by molar-refractivity contribution is -0.140. The second-order valence-electron chi connectivity index (χ2n) is 5.87. The minimum absolute atomic E-state index is 0. The van der Waals surface area contributed by atoms with E-state index in [9.17, 15) is 9.59 Å². The Morgan fingerprint density at radius 1 is 0.826 bits per heavy atom. The van der Waals surface area contributed by atoms with Gasteiger partial charge in [0.25, 0.3) is 0 Å². The zero-order valence-electron chi connectivity index (χ0n) is 15.1. The number of hydrogen-bond donors (Lipinski definition) is 0. The number of hydrogen-bond acceptors (Lipinski definition) is 6. The standard InChI is InChI=1S/C16H30N2O4.ClH/c1-13(17(3)4)9-11-21-15(19)7-8-16(20)22-12-10-14(2)18(5)6;/h7-8,13-14H,9-12H2,1-6H3;1H/b8-7+;. The van der Waals surface area contributed by atoms with Crippen LogP contribution < -0.4 is 0 Å². The summed E-state index contributed by atoms with van der Waals surface area (Å²) in [5.41, 5.74) is 0. The summed E-state index contributed by atoms with van der Waals surface area (Å²) in [4.78, 5) is 27.0. The third-order valence-corrected chi connectivity index (χ3v) is 3.68. The molecule has 0 heterocycles. The van der Waals surface area contributed by atoms with E-state index in [4.69, 9.17) is 9.47 Å². The van der Waals surface area contributed by atoms with E-state index in [0.29, 0.717) is 25.3 Å². The second-order valence-corrected chi connectivity index (χ2v) is 5.87. The molecule has 2 atom stereocenters. The smallest absolute Gasteiger partial charge is 0.331 e. The maximum atomic E-state index is 11.4. The van der Waals surface area contributed by atoms with Crippen LogP contribution >= 0.6 is 12.4 Å². The van der Waals surface area contributed by atoms with Gasteiger partial charge in [0.2, 0.25) is 0 Å². The normalized spacial score (nSPS) is 13.7. The molecule has 0 aromatic heterocycles. The molecule has 0 bridgehead atoms. The monoisotopic (exact) mass is 350 g/mol. The van der Waals surface area contributed by atoms with Gasteiger partial charge in [-0.3, -0.25) is 0 Å². The van der Waals surface area contributed by atoms with Crippen molar-refractivity contribution >= 4 is 24.3 Å². The number of ether oxygens (including phenoxy) is 2. The molecular weight excluding hydrogens is 320 g/mol. The van der Waals surface area contributed by atoms with Crippen molar-refractivity contribution in [3.63, 3.8) is 0 Å². The lowest BCUT2D eigenvalue weighted by Gasteiger charge is -2.19. The summed E-state index contributed by atoms with van der Waals surface area (Å²) in [5.74, 6) is -1.05. The Morgan fingerprint density at radius 2 is 1.13 bits per heavy atom. The molecule has 0 rings (SSSR count). The van der Waals surface area contributed by atoms with Gasteiger partial charge in [-0.25, -0.2) is 9.59 Å². The summed E-state index contributed by atoms with van der Waals surface area (Å²) >= 11 is 0. The molecule has 0 aromatic carbocycles. The first kappa shape index (κ1) is 24.1. The van der Waals surface area contributed by atoms with Gasteiger partial charge >= 0.3 is 11.9 Å². The summed E-state index contributed by atoms with van der Waals surface area (Å²) in [6.45, 7) is 4.77. The van der Waals surface area contributed by atoms with Crippen molar-refractivity contribution in [2.75, 3.05) is 41.4 Å². The lowest BCUT2D eigenvalue weighted by atomic mass is 10.2. The predicted octanol–water partition coefficient (Wildman–Crippen LogP) is 1.73. The van der Waals surface area contributed by atoms with Crippen LogP contribution in [-0.2, 0) is 19.1 Å². The highest BCUT2D eigenvalue weighted by Gasteiger charge is 2.07. The van der Waals surface area contributed by atoms with Crippen LogP contribution in [0.2, 0.25) is 0 Å². The number of nitrogens with zero attached hydrogens (tertiary/aromatic N) is 2. The number of carbonyl (C=O) groups is 2. The topological polar surface area (TPSA) is 59.1 Å². The Morgan fingerprint density at radius 3 is 1.39 bits per heavy atom. The SMILES string of the molecule is CC(CCOC(=O)/C=C/C(=O)OCCC(C)N(C)C)N(C)C.Cl. The summed E-state index contributed by atoms with van der Waals surface area (Å²) in [7, 11) is 7.89. The van der Waals surface area contributed by atoms with Gasteiger partial charge in [0.15, 0.2) is 0 Å². The molecule has 0 aliphatic rings. The third kappa shape index (κ3) is 13.1. The van der Waals surface area contributed by atoms with Gasteiger partial charge in [-0.1, -0.05) is 0 Å². The number of rotatable bonds is 10. The number of esters is 2. The first-order valence-electron chi connectivity index (χ1n) is 7.58. The fraction of sp³-hybridized carbons (Fsp3) is 0.750. The second kappa shape index (κ2) is 13.3. The number of halogens is 1. The third-order valence-electron chi connectivity index (χ3n) is 3.68. The molecule has 0 radical (unpaired) electrons. The van der Waals surface area contributed by atoms with Gasteiger partial charge < -0.3 is 19.3 Å². The number of carbonyl (C=O) groups excluding carboxylic acids is 2. The van der Waals surface area contributed by atoms with Crippen molar-refractivity contribution in [2.24, 2.45) is 0 Å². The van der Waals surface area contributed by atoms with Gasteiger partial charge in [0.05, 0.1) is 13.2 Å². The first-order valence-corrected chi connectivity index (χ1v) is 7.58. The van der Waals surface area contributed by atoms with E-state index in [1.54, 1.807) is 0 Å². The molecule has 0 aliphatic heterocycles. The van der Waals surface area contributed by atoms with Crippen molar-refractivity contribution in [3.05, 3.63) is 12.2 Å². The largest absolute Gasteiger partial charge is 0.462 e. The molecule has 0 saturated carbocycles. The van der Waals surface area contributed by atoms with E-state index in [0.717, 1.165) is 25.0 Å². The van der Waals surface area contributed by atoms with Crippen LogP contribution in [0, 0.1) is 0 Å². The average Bonchev–Trinajstić information content (AvgIpc) is 2.44. The van der Waals surface area contributed by atoms with Crippen LogP contribution in [0.15, 0.2) is 12.2 Å². The first-order chi connectivity index (χ1) is 10.2. The van der Waals surface area contributed by atoms with Crippen molar-refractivity contribution in [2.45, 2.75) is 38.8 Å². The molecule has 0 spiro atoms. The molecule has 0 fully saturated rings. The summed E-state index contributed by atoms with van der Waals surface area (Å²) < 4.78 is 10.0. The highest BCUT2D eigenvalue weighted by molar-refractivity contribution is 5.91. The molecule has 2 unspecified atom stereocenters. The minimum Gasteiger partial charge on any atom is -0.462 e. The highest BCUT2D eigenvalue weighted by atomic mass is 35.5. The molecule has 0 aliphatic carbocycles. The maximum absolute atomic E-state index is 11.4. The Balaban J connectivity index is 0. The van der Waals surface area contributed by atoms with Crippen molar-refractivity contribution in [3.8, 4) is 0 Å². The Hall–Kier alpha value is -1.11. The van der Waals surface area contributed by atoms with Crippen molar-refractivity contribution in [1.29, 1.82) is 0 Å². The van der Waals surface area contributed by atoms with E-state index >= 15 is 0 Å². The Bertz CT molecular complexity index is 339.